The lowest BCUT2D eigenvalue weighted by atomic mass is 9.99. The molecule has 0 nitrogen and oxygen atoms in total. The molecule has 0 saturated carbocycles. The highest BCUT2D eigenvalue weighted by Crippen LogP contribution is 2.36. The van der Waals surface area contributed by atoms with Gasteiger partial charge in [-0.15, -0.1) is 0 Å². The van der Waals surface area contributed by atoms with E-state index in [4.69, 9.17) is 0 Å². The van der Waals surface area contributed by atoms with Crippen LogP contribution in [0.2, 0.25) is 0 Å². The van der Waals surface area contributed by atoms with E-state index in [2.05, 4.69) is 30.4 Å². The van der Waals surface area contributed by atoms with Crippen molar-refractivity contribution in [1.82, 2.24) is 0 Å². The highest BCUT2D eigenvalue weighted by molar-refractivity contribution is 8.00. The second kappa shape index (κ2) is 5.69. The molecule has 0 amide bonds. The minimum Gasteiger partial charge on any atom is -0.159 e. The van der Waals surface area contributed by atoms with Gasteiger partial charge in [0, 0.05) is 10.5 Å². The van der Waals surface area contributed by atoms with Crippen LogP contribution in [0.5, 0.6) is 0 Å². The summed E-state index contributed by atoms with van der Waals surface area (Å²) in [6.07, 6.45) is 8.91. The van der Waals surface area contributed by atoms with Crippen LogP contribution in [0.15, 0.2) is 0 Å². The third kappa shape index (κ3) is 3.10. The number of hydrogen-bond acceptors (Lipinski definition) is 2. The van der Waals surface area contributed by atoms with Gasteiger partial charge in [0.15, 0.2) is 0 Å². The number of hydrogen-bond donors (Lipinski definition) is 0. The summed E-state index contributed by atoms with van der Waals surface area (Å²) in [5, 5.41) is 2.03. The van der Waals surface area contributed by atoms with Crippen molar-refractivity contribution in [1.29, 1.82) is 0 Å². The second-order valence-corrected chi connectivity index (χ2v) is 7.50. The predicted octanol–water partition coefficient (Wildman–Crippen LogP) is 4.19. The van der Waals surface area contributed by atoms with Crippen LogP contribution in [-0.4, -0.2) is 22.0 Å². The normalized spacial score (nSPS) is 37.9. The molecule has 0 aromatic rings. The molecule has 0 aliphatic carbocycles. The molecule has 0 spiro atoms. The Kier molecular flexibility index (Phi) is 4.55. The lowest BCUT2D eigenvalue weighted by Gasteiger charge is -2.15. The van der Waals surface area contributed by atoms with Gasteiger partial charge in [-0.25, -0.2) is 0 Å². The van der Waals surface area contributed by atoms with Gasteiger partial charge >= 0.3 is 0 Å². The van der Waals surface area contributed by atoms with Crippen molar-refractivity contribution in [3.63, 3.8) is 0 Å². The molecule has 2 aliphatic rings. The Morgan fingerprint density at radius 1 is 1.07 bits per heavy atom. The van der Waals surface area contributed by atoms with Gasteiger partial charge in [0.2, 0.25) is 0 Å². The molecular formula is C12H22S2. The first kappa shape index (κ1) is 11.2. The third-order valence-corrected chi connectivity index (χ3v) is 6.65. The van der Waals surface area contributed by atoms with E-state index in [1.807, 2.05) is 0 Å². The quantitative estimate of drug-likeness (QED) is 0.710. The van der Waals surface area contributed by atoms with Crippen molar-refractivity contribution in [2.75, 3.05) is 11.5 Å². The van der Waals surface area contributed by atoms with Crippen LogP contribution < -0.4 is 0 Å². The van der Waals surface area contributed by atoms with E-state index in [1.165, 1.54) is 50.0 Å². The molecule has 2 heterocycles. The molecule has 0 bridgehead atoms. The van der Waals surface area contributed by atoms with Crippen molar-refractivity contribution in [2.45, 2.75) is 55.9 Å². The zero-order chi connectivity index (χ0) is 9.80. The highest BCUT2D eigenvalue weighted by Gasteiger charge is 2.24. The first-order valence-electron chi connectivity index (χ1n) is 6.09. The van der Waals surface area contributed by atoms with E-state index in [0.717, 1.165) is 16.4 Å². The summed E-state index contributed by atoms with van der Waals surface area (Å²) >= 11 is 4.45. The topological polar surface area (TPSA) is 0 Å². The van der Waals surface area contributed by atoms with E-state index in [1.54, 1.807) is 0 Å². The van der Waals surface area contributed by atoms with Crippen LogP contribution in [0.25, 0.3) is 0 Å². The lowest BCUT2D eigenvalue weighted by Crippen LogP contribution is -2.08. The summed E-state index contributed by atoms with van der Waals surface area (Å²) in [6.45, 7) is 2.44. The van der Waals surface area contributed by atoms with Gasteiger partial charge in [0.05, 0.1) is 0 Å². The van der Waals surface area contributed by atoms with E-state index in [0.29, 0.717) is 0 Å². The summed E-state index contributed by atoms with van der Waals surface area (Å²) in [7, 11) is 0. The van der Waals surface area contributed by atoms with Crippen molar-refractivity contribution >= 4 is 23.5 Å². The highest BCUT2D eigenvalue weighted by atomic mass is 32.2. The van der Waals surface area contributed by atoms with E-state index < -0.39 is 0 Å². The average molecular weight is 230 g/mol. The molecule has 3 atom stereocenters. The van der Waals surface area contributed by atoms with Gasteiger partial charge in [0.25, 0.3) is 0 Å². The maximum atomic E-state index is 2.44. The molecule has 2 fully saturated rings. The Labute approximate surface area is 97.0 Å². The summed E-state index contributed by atoms with van der Waals surface area (Å²) < 4.78 is 0. The van der Waals surface area contributed by atoms with E-state index in [-0.39, 0.29) is 0 Å². The molecular weight excluding hydrogens is 208 g/mol. The SMILES string of the molecule is CC1CCSC1CCCC1CCCS1. The second-order valence-electron chi connectivity index (χ2n) is 4.74. The first-order valence-corrected chi connectivity index (χ1v) is 8.19. The minimum absolute atomic E-state index is 0.997. The Hall–Kier alpha value is 0.700. The first-order chi connectivity index (χ1) is 6.86. The number of thioether (sulfide) groups is 2. The van der Waals surface area contributed by atoms with Crippen molar-refractivity contribution in [3.05, 3.63) is 0 Å². The van der Waals surface area contributed by atoms with Crippen LogP contribution in [-0.2, 0) is 0 Å². The van der Waals surface area contributed by atoms with Gasteiger partial charge in [0.1, 0.15) is 0 Å². The minimum atomic E-state index is 0.997. The van der Waals surface area contributed by atoms with Gasteiger partial charge in [-0.1, -0.05) is 13.3 Å². The lowest BCUT2D eigenvalue weighted by molar-refractivity contribution is 0.513. The molecule has 3 unspecified atom stereocenters. The molecule has 82 valence electrons. The predicted molar refractivity (Wildman–Crippen MR) is 69.4 cm³/mol. The Balaban J connectivity index is 1.57. The van der Waals surface area contributed by atoms with Gasteiger partial charge in [-0.05, 0) is 49.5 Å². The van der Waals surface area contributed by atoms with Gasteiger partial charge < -0.3 is 0 Å². The third-order valence-electron chi connectivity index (χ3n) is 3.58. The molecule has 0 N–H and O–H groups in total. The summed E-state index contributed by atoms with van der Waals surface area (Å²) in [5.74, 6) is 3.85. The van der Waals surface area contributed by atoms with E-state index in [9.17, 15) is 0 Å². The van der Waals surface area contributed by atoms with Gasteiger partial charge in [-0.2, -0.15) is 23.5 Å². The summed E-state index contributed by atoms with van der Waals surface area (Å²) in [4.78, 5) is 0. The van der Waals surface area contributed by atoms with Crippen molar-refractivity contribution in [3.8, 4) is 0 Å². The van der Waals surface area contributed by atoms with Crippen LogP contribution in [0, 0.1) is 5.92 Å². The maximum Gasteiger partial charge on any atom is 0.00729 e. The maximum absolute atomic E-state index is 2.44. The molecule has 0 radical (unpaired) electrons. The number of rotatable bonds is 4. The fourth-order valence-corrected chi connectivity index (χ4v) is 5.48. The molecule has 2 aliphatic heterocycles. The Morgan fingerprint density at radius 3 is 2.64 bits per heavy atom. The molecule has 2 heteroatoms. The summed E-state index contributed by atoms with van der Waals surface area (Å²) in [5.41, 5.74) is 0. The Bertz CT molecular complexity index is 164. The summed E-state index contributed by atoms with van der Waals surface area (Å²) in [6, 6.07) is 0. The van der Waals surface area contributed by atoms with Crippen LogP contribution in [0.4, 0.5) is 0 Å². The van der Waals surface area contributed by atoms with Gasteiger partial charge in [-0.3, -0.25) is 0 Å². The fourth-order valence-electron chi connectivity index (χ4n) is 2.54. The molecule has 14 heavy (non-hydrogen) atoms. The molecule has 2 rings (SSSR count). The zero-order valence-electron chi connectivity index (χ0n) is 9.21. The van der Waals surface area contributed by atoms with Crippen molar-refractivity contribution < 1.29 is 0 Å². The fraction of sp³-hybridized carbons (Fsp3) is 1.00. The average Bonchev–Trinajstić information content (AvgIpc) is 2.78. The van der Waals surface area contributed by atoms with Crippen molar-refractivity contribution in [2.24, 2.45) is 5.92 Å². The standard InChI is InChI=1S/C12H22S2/c1-10-7-9-14-12(10)6-2-4-11-5-3-8-13-11/h10-12H,2-9H2,1H3. The van der Waals surface area contributed by atoms with Crippen LogP contribution in [0.3, 0.4) is 0 Å². The zero-order valence-corrected chi connectivity index (χ0v) is 10.8. The molecule has 2 saturated heterocycles. The van der Waals surface area contributed by atoms with E-state index >= 15 is 0 Å². The molecule has 0 aromatic carbocycles. The van der Waals surface area contributed by atoms with Crippen LogP contribution in [0.1, 0.15) is 45.4 Å². The molecule has 0 aromatic heterocycles. The largest absolute Gasteiger partial charge is 0.159 e. The monoisotopic (exact) mass is 230 g/mol. The Morgan fingerprint density at radius 2 is 2.00 bits per heavy atom. The van der Waals surface area contributed by atoms with Crippen LogP contribution >= 0.6 is 23.5 Å². The smallest absolute Gasteiger partial charge is 0.00729 e.